The zero-order valence-corrected chi connectivity index (χ0v) is 18.9. The molecule has 2 heterocycles. The van der Waals surface area contributed by atoms with Gasteiger partial charge in [-0.1, -0.05) is 24.3 Å². The van der Waals surface area contributed by atoms with E-state index in [-0.39, 0.29) is 17.4 Å². The minimum atomic E-state index is -0.318. The van der Waals surface area contributed by atoms with Crippen LogP contribution >= 0.6 is 11.3 Å². The van der Waals surface area contributed by atoms with Gasteiger partial charge < -0.3 is 10.6 Å². The molecule has 0 bridgehead atoms. The number of nitrogens with one attached hydrogen (secondary N) is 2. The lowest BCUT2D eigenvalue weighted by molar-refractivity contribution is 0.0919. The summed E-state index contributed by atoms with van der Waals surface area (Å²) in [6.45, 7) is 5.79. The number of thiophene rings is 1. The average Bonchev–Trinajstić information content (AvgIpc) is 3.43. The van der Waals surface area contributed by atoms with Crippen LogP contribution in [0.4, 0.5) is 5.69 Å². The number of hydrogen-bond acceptors (Lipinski definition) is 4. The maximum absolute atomic E-state index is 13.1. The zero-order chi connectivity index (χ0) is 22.7. The molecule has 2 amide bonds. The number of aromatic nitrogens is 2. The van der Waals surface area contributed by atoms with Crippen LogP contribution in [0.15, 0.2) is 78.3 Å². The van der Waals surface area contributed by atoms with E-state index in [4.69, 9.17) is 0 Å². The minimum Gasteiger partial charge on any atom is -0.347 e. The van der Waals surface area contributed by atoms with Crippen molar-refractivity contribution in [3.05, 3.63) is 89.4 Å². The third-order valence-corrected chi connectivity index (χ3v) is 5.50. The highest BCUT2D eigenvalue weighted by atomic mass is 32.1. The fourth-order valence-electron chi connectivity index (χ4n) is 3.16. The smallest absolute Gasteiger partial charge is 0.259 e. The molecule has 0 saturated heterocycles. The Morgan fingerprint density at radius 2 is 1.62 bits per heavy atom. The van der Waals surface area contributed by atoms with Crippen LogP contribution in [0.25, 0.3) is 16.3 Å². The monoisotopic (exact) mass is 444 g/mol. The molecule has 0 saturated carbocycles. The van der Waals surface area contributed by atoms with Crippen molar-refractivity contribution in [2.75, 3.05) is 5.32 Å². The van der Waals surface area contributed by atoms with Gasteiger partial charge >= 0.3 is 0 Å². The van der Waals surface area contributed by atoms with Gasteiger partial charge in [0.25, 0.3) is 11.8 Å². The van der Waals surface area contributed by atoms with E-state index in [1.807, 2.05) is 68.6 Å². The first-order chi connectivity index (χ1) is 15.3. The summed E-state index contributed by atoms with van der Waals surface area (Å²) in [5, 5.41) is 12.5. The van der Waals surface area contributed by atoms with E-state index in [1.54, 1.807) is 35.1 Å². The second kappa shape index (κ2) is 8.80. The molecule has 0 aliphatic carbocycles. The Kier molecular flexibility index (Phi) is 5.92. The van der Waals surface area contributed by atoms with Crippen molar-refractivity contribution in [3.63, 3.8) is 0 Å². The number of benzene rings is 2. The third-order valence-electron chi connectivity index (χ3n) is 4.63. The molecule has 2 aromatic heterocycles. The van der Waals surface area contributed by atoms with Crippen molar-refractivity contribution in [2.24, 2.45) is 0 Å². The third kappa shape index (κ3) is 4.95. The van der Waals surface area contributed by atoms with E-state index in [0.717, 1.165) is 10.6 Å². The number of rotatable bonds is 5. The lowest BCUT2D eigenvalue weighted by atomic mass is 10.1. The SMILES string of the molecule is CC(C)(C)NC(=O)c1ccc(NC(=O)c2cn(-c3ccccc3)nc2-c2cccs2)cc1. The quantitative estimate of drug-likeness (QED) is 0.434. The minimum absolute atomic E-state index is 0.153. The highest BCUT2D eigenvalue weighted by Crippen LogP contribution is 2.28. The van der Waals surface area contributed by atoms with E-state index >= 15 is 0 Å². The van der Waals surface area contributed by atoms with Gasteiger partial charge in [0.1, 0.15) is 5.69 Å². The Bertz CT molecular complexity index is 1220. The van der Waals surface area contributed by atoms with E-state index in [2.05, 4.69) is 15.7 Å². The van der Waals surface area contributed by atoms with Crippen LogP contribution in [-0.2, 0) is 0 Å². The van der Waals surface area contributed by atoms with Crippen molar-refractivity contribution in [1.29, 1.82) is 0 Å². The van der Waals surface area contributed by atoms with Gasteiger partial charge in [0, 0.05) is 23.0 Å². The van der Waals surface area contributed by atoms with Crippen LogP contribution in [0.3, 0.4) is 0 Å². The van der Waals surface area contributed by atoms with Crippen LogP contribution in [0.2, 0.25) is 0 Å². The number of anilines is 1. The van der Waals surface area contributed by atoms with Gasteiger partial charge in [0.2, 0.25) is 0 Å². The molecule has 32 heavy (non-hydrogen) atoms. The molecule has 0 spiro atoms. The standard InChI is InChI=1S/C25H24N4O2S/c1-25(2,3)27-23(30)17-11-13-18(14-12-17)26-24(31)20-16-29(19-8-5-4-6-9-19)28-22(20)21-10-7-15-32-21/h4-16H,1-3H3,(H,26,31)(H,27,30). The van der Waals surface area contributed by atoms with E-state index in [9.17, 15) is 9.59 Å². The van der Waals surface area contributed by atoms with Gasteiger partial charge in [-0.15, -0.1) is 11.3 Å². The molecule has 0 fully saturated rings. The summed E-state index contributed by atoms with van der Waals surface area (Å²) in [6.07, 6.45) is 1.74. The van der Waals surface area contributed by atoms with Gasteiger partial charge in [-0.2, -0.15) is 5.10 Å². The number of hydrogen-bond donors (Lipinski definition) is 2. The Morgan fingerprint density at radius 3 is 2.25 bits per heavy atom. The Balaban J connectivity index is 1.58. The maximum Gasteiger partial charge on any atom is 0.259 e. The molecule has 0 unspecified atom stereocenters. The second-order valence-corrected chi connectivity index (χ2v) is 9.33. The van der Waals surface area contributed by atoms with Crippen molar-refractivity contribution in [1.82, 2.24) is 15.1 Å². The summed E-state index contributed by atoms with van der Waals surface area (Å²) in [4.78, 5) is 26.4. The van der Waals surface area contributed by atoms with Crippen LogP contribution < -0.4 is 10.6 Å². The highest BCUT2D eigenvalue weighted by molar-refractivity contribution is 7.13. The first-order valence-electron chi connectivity index (χ1n) is 10.2. The van der Waals surface area contributed by atoms with Crippen molar-refractivity contribution >= 4 is 28.8 Å². The van der Waals surface area contributed by atoms with Crippen molar-refractivity contribution in [2.45, 2.75) is 26.3 Å². The van der Waals surface area contributed by atoms with E-state index in [0.29, 0.717) is 22.5 Å². The normalized spacial score (nSPS) is 11.2. The van der Waals surface area contributed by atoms with Gasteiger partial charge in [0.15, 0.2) is 0 Å². The molecular formula is C25H24N4O2S. The topological polar surface area (TPSA) is 76.0 Å². The highest BCUT2D eigenvalue weighted by Gasteiger charge is 2.20. The Hall–Kier alpha value is -3.71. The molecule has 0 aliphatic rings. The number of nitrogens with zero attached hydrogens (tertiary/aromatic N) is 2. The number of carbonyl (C=O) groups is 2. The van der Waals surface area contributed by atoms with Crippen LogP contribution in [0.1, 0.15) is 41.5 Å². The van der Waals surface area contributed by atoms with Crippen molar-refractivity contribution in [3.8, 4) is 16.3 Å². The van der Waals surface area contributed by atoms with E-state index in [1.165, 1.54) is 11.3 Å². The molecule has 162 valence electrons. The van der Waals surface area contributed by atoms with E-state index < -0.39 is 0 Å². The molecule has 7 heteroatoms. The summed E-state index contributed by atoms with van der Waals surface area (Å²) in [6, 6.07) is 20.4. The molecule has 6 nitrogen and oxygen atoms in total. The predicted octanol–water partition coefficient (Wildman–Crippen LogP) is 5.38. The molecule has 0 atom stereocenters. The Morgan fingerprint density at radius 1 is 0.906 bits per heavy atom. The second-order valence-electron chi connectivity index (χ2n) is 8.38. The lowest BCUT2D eigenvalue weighted by Crippen LogP contribution is -2.40. The predicted molar refractivity (Wildman–Crippen MR) is 128 cm³/mol. The fraction of sp³-hybridized carbons (Fsp3) is 0.160. The molecule has 2 N–H and O–H groups in total. The van der Waals surface area contributed by atoms with Gasteiger partial charge in [0.05, 0.1) is 16.1 Å². The van der Waals surface area contributed by atoms with Crippen LogP contribution in [-0.4, -0.2) is 27.1 Å². The summed E-state index contributed by atoms with van der Waals surface area (Å²) >= 11 is 1.53. The molecule has 4 aromatic rings. The molecule has 2 aromatic carbocycles. The van der Waals surface area contributed by atoms with Gasteiger partial charge in [-0.3, -0.25) is 9.59 Å². The summed E-state index contributed by atoms with van der Waals surface area (Å²) in [7, 11) is 0. The molecule has 0 aliphatic heterocycles. The molecule has 4 rings (SSSR count). The Labute approximate surface area is 190 Å². The summed E-state index contributed by atoms with van der Waals surface area (Å²) in [5.74, 6) is -0.415. The van der Waals surface area contributed by atoms with Crippen LogP contribution in [0, 0.1) is 0 Å². The number of amides is 2. The molecule has 0 radical (unpaired) electrons. The lowest BCUT2D eigenvalue weighted by Gasteiger charge is -2.20. The van der Waals surface area contributed by atoms with Crippen molar-refractivity contribution < 1.29 is 9.59 Å². The fourth-order valence-corrected chi connectivity index (χ4v) is 3.89. The van der Waals surface area contributed by atoms with Gasteiger partial charge in [-0.05, 0) is 68.6 Å². The van der Waals surface area contributed by atoms with Crippen LogP contribution in [0.5, 0.6) is 0 Å². The first-order valence-corrected chi connectivity index (χ1v) is 11.1. The van der Waals surface area contributed by atoms with Gasteiger partial charge in [-0.25, -0.2) is 4.68 Å². The summed E-state index contributed by atoms with van der Waals surface area (Å²) < 4.78 is 1.71. The average molecular weight is 445 g/mol. The summed E-state index contributed by atoms with van der Waals surface area (Å²) in [5.41, 5.74) is 2.80. The zero-order valence-electron chi connectivity index (χ0n) is 18.1. The molecular weight excluding hydrogens is 420 g/mol. The number of para-hydroxylation sites is 1. The number of carbonyl (C=O) groups excluding carboxylic acids is 2. The first kappa shape index (κ1) is 21.5. The maximum atomic E-state index is 13.1. The largest absolute Gasteiger partial charge is 0.347 e.